The smallest absolute Gasteiger partial charge is 0.227 e. The van der Waals surface area contributed by atoms with Crippen molar-refractivity contribution in [3.8, 4) is 5.75 Å². The maximum absolute atomic E-state index is 12.8. The quantitative estimate of drug-likeness (QED) is 0.823. The Kier molecular flexibility index (Phi) is 5.44. The van der Waals surface area contributed by atoms with E-state index in [0.717, 1.165) is 50.5 Å². The van der Waals surface area contributed by atoms with Crippen LogP contribution in [0.5, 0.6) is 5.75 Å². The van der Waals surface area contributed by atoms with Gasteiger partial charge in [-0.15, -0.1) is 0 Å². The number of hydrogen-bond donors (Lipinski definition) is 0. The van der Waals surface area contributed by atoms with Crippen molar-refractivity contribution in [1.29, 1.82) is 0 Å². The predicted molar refractivity (Wildman–Crippen MR) is 108 cm³/mol. The molecule has 142 valence electrons. The number of anilines is 1. The number of hydrogen-bond acceptors (Lipinski definition) is 3. The second-order valence-corrected chi connectivity index (χ2v) is 7.77. The third-order valence-corrected chi connectivity index (χ3v) is 6.07. The number of likely N-dealkylation sites (tertiary alicyclic amines) is 1. The van der Waals surface area contributed by atoms with Crippen LogP contribution in [0.15, 0.2) is 54.6 Å². The number of amides is 1. The SMILES string of the molecule is COc1ccc(CN2CCC3CC(=O)N(c4ccccc4)CCC3C2)cc1. The van der Waals surface area contributed by atoms with Crippen LogP contribution < -0.4 is 9.64 Å². The Hall–Kier alpha value is -2.33. The van der Waals surface area contributed by atoms with Crippen molar-refractivity contribution in [2.75, 3.05) is 31.6 Å². The number of rotatable bonds is 4. The number of benzene rings is 2. The Balaban J connectivity index is 1.40. The Labute approximate surface area is 161 Å². The molecule has 2 saturated heterocycles. The number of fused-ring (bicyclic) bond motifs is 1. The minimum atomic E-state index is 0.289. The molecule has 0 bridgehead atoms. The summed E-state index contributed by atoms with van der Waals surface area (Å²) in [6.07, 6.45) is 2.90. The third kappa shape index (κ3) is 4.16. The largest absolute Gasteiger partial charge is 0.497 e. The van der Waals surface area contributed by atoms with Gasteiger partial charge in [-0.3, -0.25) is 9.69 Å². The summed E-state index contributed by atoms with van der Waals surface area (Å²) in [5, 5.41) is 0. The van der Waals surface area contributed by atoms with Crippen LogP contribution in [0.4, 0.5) is 5.69 Å². The van der Waals surface area contributed by atoms with Gasteiger partial charge >= 0.3 is 0 Å². The van der Waals surface area contributed by atoms with E-state index < -0.39 is 0 Å². The Morgan fingerprint density at radius 2 is 1.70 bits per heavy atom. The molecule has 2 aromatic carbocycles. The maximum Gasteiger partial charge on any atom is 0.227 e. The lowest BCUT2D eigenvalue weighted by molar-refractivity contribution is -0.119. The number of methoxy groups -OCH3 is 1. The van der Waals surface area contributed by atoms with E-state index in [0.29, 0.717) is 18.3 Å². The van der Waals surface area contributed by atoms with Gasteiger partial charge in [0.15, 0.2) is 0 Å². The molecule has 2 aromatic rings. The van der Waals surface area contributed by atoms with Crippen molar-refractivity contribution in [3.63, 3.8) is 0 Å². The molecular weight excluding hydrogens is 336 g/mol. The van der Waals surface area contributed by atoms with Crippen LogP contribution in [0.3, 0.4) is 0 Å². The van der Waals surface area contributed by atoms with Crippen LogP contribution in [0.25, 0.3) is 0 Å². The van der Waals surface area contributed by atoms with E-state index in [-0.39, 0.29) is 5.91 Å². The van der Waals surface area contributed by atoms with Crippen molar-refractivity contribution in [3.05, 3.63) is 60.2 Å². The average molecular weight is 364 g/mol. The molecule has 0 aromatic heterocycles. The van der Waals surface area contributed by atoms with Gasteiger partial charge < -0.3 is 9.64 Å². The van der Waals surface area contributed by atoms with E-state index >= 15 is 0 Å². The van der Waals surface area contributed by atoms with Crippen molar-refractivity contribution in [2.45, 2.75) is 25.8 Å². The molecule has 4 nitrogen and oxygen atoms in total. The van der Waals surface area contributed by atoms with Gasteiger partial charge in [-0.05, 0) is 61.1 Å². The number of nitrogens with zero attached hydrogens (tertiary/aromatic N) is 2. The highest BCUT2D eigenvalue weighted by Crippen LogP contribution is 2.34. The first kappa shape index (κ1) is 18.1. The van der Waals surface area contributed by atoms with Crippen molar-refractivity contribution in [2.24, 2.45) is 11.8 Å². The summed E-state index contributed by atoms with van der Waals surface area (Å²) >= 11 is 0. The number of carbonyl (C=O) groups excluding carboxylic acids is 1. The molecule has 2 atom stereocenters. The van der Waals surface area contributed by atoms with E-state index in [1.54, 1.807) is 7.11 Å². The molecule has 2 aliphatic rings. The number of para-hydroxylation sites is 1. The molecule has 2 fully saturated rings. The molecule has 2 aliphatic heterocycles. The Morgan fingerprint density at radius 3 is 2.44 bits per heavy atom. The van der Waals surface area contributed by atoms with E-state index in [1.165, 1.54) is 5.56 Å². The van der Waals surface area contributed by atoms with Crippen molar-refractivity contribution in [1.82, 2.24) is 4.90 Å². The van der Waals surface area contributed by atoms with Gasteiger partial charge in [0.2, 0.25) is 5.91 Å². The van der Waals surface area contributed by atoms with Gasteiger partial charge in [-0.1, -0.05) is 30.3 Å². The summed E-state index contributed by atoms with van der Waals surface area (Å²) in [5.41, 5.74) is 2.36. The molecule has 0 spiro atoms. The van der Waals surface area contributed by atoms with Gasteiger partial charge in [0.25, 0.3) is 0 Å². The Bertz CT molecular complexity index is 760. The van der Waals surface area contributed by atoms with E-state index in [9.17, 15) is 4.79 Å². The Morgan fingerprint density at radius 1 is 0.963 bits per heavy atom. The molecule has 27 heavy (non-hydrogen) atoms. The molecule has 2 unspecified atom stereocenters. The summed E-state index contributed by atoms with van der Waals surface area (Å²) < 4.78 is 5.25. The van der Waals surface area contributed by atoms with E-state index in [1.807, 2.05) is 47.4 Å². The van der Waals surface area contributed by atoms with Gasteiger partial charge in [-0.25, -0.2) is 0 Å². The van der Waals surface area contributed by atoms with Crippen LogP contribution in [-0.4, -0.2) is 37.6 Å². The fourth-order valence-electron chi connectivity index (χ4n) is 4.52. The van der Waals surface area contributed by atoms with E-state index in [4.69, 9.17) is 4.74 Å². The second-order valence-electron chi connectivity index (χ2n) is 7.77. The second kappa shape index (κ2) is 8.13. The molecule has 2 heterocycles. The van der Waals surface area contributed by atoms with Gasteiger partial charge in [0.1, 0.15) is 5.75 Å². The van der Waals surface area contributed by atoms with Crippen LogP contribution in [0.2, 0.25) is 0 Å². The summed E-state index contributed by atoms with van der Waals surface area (Å²) in [6.45, 7) is 3.97. The summed E-state index contributed by atoms with van der Waals surface area (Å²) in [6, 6.07) is 18.5. The lowest BCUT2D eigenvalue weighted by atomic mass is 9.82. The highest BCUT2D eigenvalue weighted by Gasteiger charge is 2.35. The van der Waals surface area contributed by atoms with Crippen molar-refractivity contribution < 1.29 is 9.53 Å². The number of ether oxygens (including phenoxy) is 1. The third-order valence-electron chi connectivity index (χ3n) is 6.07. The zero-order valence-corrected chi connectivity index (χ0v) is 16.0. The minimum Gasteiger partial charge on any atom is -0.497 e. The highest BCUT2D eigenvalue weighted by atomic mass is 16.5. The van der Waals surface area contributed by atoms with Crippen LogP contribution in [-0.2, 0) is 11.3 Å². The van der Waals surface area contributed by atoms with Crippen LogP contribution in [0, 0.1) is 11.8 Å². The lowest BCUT2D eigenvalue weighted by Crippen LogP contribution is -2.40. The standard InChI is InChI=1S/C23H28N2O2/c1-27-22-9-7-18(8-10-22)16-24-13-11-19-15-23(26)25(14-12-20(19)17-24)21-5-3-2-4-6-21/h2-10,19-20H,11-17H2,1H3. The first-order valence-electron chi connectivity index (χ1n) is 9.93. The lowest BCUT2D eigenvalue weighted by Gasteiger charge is -2.37. The van der Waals surface area contributed by atoms with Crippen molar-refractivity contribution >= 4 is 11.6 Å². The highest BCUT2D eigenvalue weighted by molar-refractivity contribution is 5.93. The zero-order chi connectivity index (χ0) is 18.6. The number of piperidine rings is 1. The molecule has 1 amide bonds. The molecule has 4 heteroatoms. The zero-order valence-electron chi connectivity index (χ0n) is 16.0. The first-order chi connectivity index (χ1) is 13.2. The molecule has 0 aliphatic carbocycles. The van der Waals surface area contributed by atoms with Crippen LogP contribution >= 0.6 is 0 Å². The predicted octanol–water partition coefficient (Wildman–Crippen LogP) is 3.96. The molecule has 0 N–H and O–H groups in total. The van der Waals surface area contributed by atoms with E-state index in [2.05, 4.69) is 17.0 Å². The summed E-state index contributed by atoms with van der Waals surface area (Å²) in [7, 11) is 1.70. The monoisotopic (exact) mass is 364 g/mol. The first-order valence-corrected chi connectivity index (χ1v) is 9.93. The fourth-order valence-corrected chi connectivity index (χ4v) is 4.52. The summed E-state index contributed by atoms with van der Waals surface area (Å²) in [4.78, 5) is 17.3. The summed E-state index contributed by atoms with van der Waals surface area (Å²) in [5.74, 6) is 2.33. The molecule has 0 radical (unpaired) electrons. The van der Waals surface area contributed by atoms with Gasteiger partial charge in [0, 0.05) is 31.7 Å². The minimum absolute atomic E-state index is 0.289. The maximum atomic E-state index is 12.8. The van der Waals surface area contributed by atoms with Gasteiger partial charge in [0.05, 0.1) is 7.11 Å². The van der Waals surface area contributed by atoms with Gasteiger partial charge in [-0.2, -0.15) is 0 Å². The molecule has 0 saturated carbocycles. The number of carbonyl (C=O) groups is 1. The molecule has 4 rings (SSSR count). The normalized spacial score (nSPS) is 23.6. The topological polar surface area (TPSA) is 32.8 Å². The van der Waals surface area contributed by atoms with Crippen LogP contribution in [0.1, 0.15) is 24.8 Å². The fraction of sp³-hybridized carbons (Fsp3) is 0.435. The molecular formula is C23H28N2O2. The average Bonchev–Trinajstić information content (AvgIpc) is 2.87.